The molecule has 1 aliphatic rings. The van der Waals surface area contributed by atoms with Crippen LogP contribution in [0.3, 0.4) is 0 Å². The molecule has 0 radical (unpaired) electrons. The van der Waals surface area contributed by atoms with Crippen LogP contribution in [0.5, 0.6) is 5.75 Å². The van der Waals surface area contributed by atoms with Crippen LogP contribution in [0.1, 0.15) is 48.2 Å². The van der Waals surface area contributed by atoms with Gasteiger partial charge in [-0.3, -0.25) is 4.79 Å². The lowest BCUT2D eigenvalue weighted by Crippen LogP contribution is -2.23. The minimum absolute atomic E-state index is 0.0204. The first-order valence-corrected chi connectivity index (χ1v) is 8.77. The lowest BCUT2D eigenvalue weighted by molar-refractivity contribution is -0.114. The van der Waals surface area contributed by atoms with Gasteiger partial charge in [-0.2, -0.15) is 0 Å². The van der Waals surface area contributed by atoms with E-state index in [1.807, 2.05) is 32.1 Å². The molecule has 0 unspecified atom stereocenters. The van der Waals surface area contributed by atoms with Gasteiger partial charge in [0.1, 0.15) is 11.9 Å². The summed E-state index contributed by atoms with van der Waals surface area (Å²) in [6.45, 7) is 5.51. The number of cyclic esters (lactones) is 1. The Morgan fingerprint density at radius 3 is 2.60 bits per heavy atom. The van der Waals surface area contributed by atoms with Gasteiger partial charge < -0.3 is 9.84 Å². The molecule has 4 nitrogen and oxygen atoms in total. The van der Waals surface area contributed by atoms with E-state index in [4.69, 9.17) is 16.3 Å². The fourth-order valence-corrected chi connectivity index (χ4v) is 2.95. The van der Waals surface area contributed by atoms with Gasteiger partial charge in [0.15, 0.2) is 5.78 Å². The van der Waals surface area contributed by atoms with Crippen LogP contribution in [0.25, 0.3) is 0 Å². The summed E-state index contributed by atoms with van der Waals surface area (Å²) in [5.41, 5.74) is 1.09. The summed E-state index contributed by atoms with van der Waals surface area (Å²) in [4.78, 5) is 24.9. The van der Waals surface area contributed by atoms with Crippen molar-refractivity contribution in [3.63, 3.8) is 0 Å². The summed E-state index contributed by atoms with van der Waals surface area (Å²) >= 11 is 6.18. The van der Waals surface area contributed by atoms with Gasteiger partial charge in [0.25, 0.3) is 0 Å². The van der Waals surface area contributed by atoms with Crippen molar-refractivity contribution in [2.24, 2.45) is 5.92 Å². The highest BCUT2D eigenvalue weighted by Crippen LogP contribution is 2.34. The monoisotopic (exact) mass is 362 g/mol. The highest BCUT2D eigenvalue weighted by atomic mass is 35.5. The number of carbonyl (C=O) groups is 2. The molecule has 0 saturated carbocycles. The van der Waals surface area contributed by atoms with Gasteiger partial charge in [0.2, 0.25) is 0 Å². The maximum absolute atomic E-state index is 12.7. The van der Waals surface area contributed by atoms with Crippen molar-refractivity contribution in [3.8, 4) is 5.75 Å². The standard InChI is InChI=1S/C20H23ClO4/c1-12-8-6-4-5-7-9-15(22)11-16-18(20(24)25-14(12)3)13(2)10-17(23)19(16)21/h6-10,12,14,23H,4-5,11H2,1-3H3/b8-6+,9-7+/t12-,14+/m0/s1. The molecule has 0 spiro atoms. The van der Waals surface area contributed by atoms with Crippen molar-refractivity contribution in [2.45, 2.75) is 46.1 Å². The molecular formula is C20H23ClO4. The number of phenolic OH excluding ortho intramolecular Hbond substituents is 1. The molecule has 1 N–H and O–H groups in total. The third-order valence-electron chi connectivity index (χ3n) is 4.37. The van der Waals surface area contributed by atoms with E-state index in [1.165, 1.54) is 12.1 Å². The number of rotatable bonds is 0. The summed E-state index contributed by atoms with van der Waals surface area (Å²) in [5.74, 6) is -0.791. The molecule has 25 heavy (non-hydrogen) atoms. The number of esters is 1. The predicted molar refractivity (Wildman–Crippen MR) is 98.1 cm³/mol. The van der Waals surface area contributed by atoms with Crippen LogP contribution in [0.2, 0.25) is 5.02 Å². The van der Waals surface area contributed by atoms with Gasteiger partial charge in [0.05, 0.1) is 10.6 Å². The summed E-state index contributed by atoms with van der Waals surface area (Å²) in [6, 6.07) is 1.42. The van der Waals surface area contributed by atoms with E-state index in [0.29, 0.717) is 11.1 Å². The second-order valence-corrected chi connectivity index (χ2v) is 6.78. The van der Waals surface area contributed by atoms with E-state index >= 15 is 0 Å². The Bertz CT molecular complexity index is 734. The zero-order chi connectivity index (χ0) is 18.6. The van der Waals surface area contributed by atoms with Gasteiger partial charge in [-0.05, 0) is 50.0 Å². The van der Waals surface area contributed by atoms with Gasteiger partial charge in [0, 0.05) is 12.3 Å². The smallest absolute Gasteiger partial charge is 0.339 e. The lowest BCUT2D eigenvalue weighted by atomic mass is 9.96. The molecule has 1 aromatic carbocycles. The van der Waals surface area contributed by atoms with Crippen LogP contribution in [-0.2, 0) is 16.0 Å². The average molecular weight is 363 g/mol. The number of benzene rings is 1. The molecule has 5 heteroatoms. The summed E-state index contributed by atoms with van der Waals surface area (Å²) in [5, 5.41) is 9.99. The number of allylic oxidation sites excluding steroid dienone is 3. The van der Waals surface area contributed by atoms with E-state index in [1.54, 1.807) is 6.92 Å². The van der Waals surface area contributed by atoms with Crippen LogP contribution < -0.4 is 0 Å². The fraction of sp³-hybridized carbons (Fsp3) is 0.400. The molecule has 0 bridgehead atoms. The van der Waals surface area contributed by atoms with Gasteiger partial charge in [-0.25, -0.2) is 4.79 Å². The Balaban J connectivity index is 2.52. The third-order valence-corrected chi connectivity index (χ3v) is 4.79. The molecular weight excluding hydrogens is 340 g/mol. The quantitative estimate of drug-likeness (QED) is 0.543. The second kappa shape index (κ2) is 8.34. The number of hydrogen-bond acceptors (Lipinski definition) is 4. The maximum atomic E-state index is 12.7. The zero-order valence-electron chi connectivity index (χ0n) is 14.7. The summed E-state index contributed by atoms with van der Waals surface area (Å²) in [7, 11) is 0. The summed E-state index contributed by atoms with van der Waals surface area (Å²) < 4.78 is 5.59. The Hall–Kier alpha value is -2.07. The highest BCUT2D eigenvalue weighted by molar-refractivity contribution is 6.33. The average Bonchev–Trinajstić information content (AvgIpc) is 2.54. The Labute approximate surface area is 153 Å². The molecule has 134 valence electrons. The number of ketones is 1. The normalized spacial score (nSPS) is 24.8. The largest absolute Gasteiger partial charge is 0.506 e. The molecule has 0 amide bonds. The number of phenols is 1. The second-order valence-electron chi connectivity index (χ2n) is 6.40. The van der Waals surface area contributed by atoms with Crippen LogP contribution in [0.15, 0.2) is 30.4 Å². The molecule has 0 aromatic heterocycles. The first-order chi connectivity index (χ1) is 11.8. The van der Waals surface area contributed by atoms with Crippen LogP contribution in [-0.4, -0.2) is 23.0 Å². The van der Waals surface area contributed by atoms with E-state index in [2.05, 4.69) is 0 Å². The molecule has 0 saturated heterocycles. The highest BCUT2D eigenvalue weighted by Gasteiger charge is 2.25. The number of aryl methyl sites for hydroxylation is 1. The fourth-order valence-electron chi connectivity index (χ4n) is 2.74. The van der Waals surface area contributed by atoms with Gasteiger partial charge in [-0.1, -0.05) is 36.8 Å². The number of fused-ring (bicyclic) bond motifs is 1. The number of ether oxygens (including phenoxy) is 1. The number of hydrogen-bond donors (Lipinski definition) is 1. The van der Waals surface area contributed by atoms with Crippen molar-refractivity contribution in [3.05, 3.63) is 52.1 Å². The lowest BCUT2D eigenvalue weighted by Gasteiger charge is -2.20. The molecule has 2 rings (SSSR count). The number of halogens is 1. The predicted octanol–water partition coefficient (Wildman–Crippen LogP) is 4.55. The minimum atomic E-state index is -0.531. The molecule has 0 aliphatic carbocycles. The summed E-state index contributed by atoms with van der Waals surface area (Å²) in [6.07, 6.45) is 8.53. The maximum Gasteiger partial charge on any atom is 0.339 e. The Kier molecular flexibility index (Phi) is 6.43. The number of carbonyl (C=O) groups excluding carboxylic acids is 2. The van der Waals surface area contributed by atoms with Crippen molar-refractivity contribution in [2.75, 3.05) is 0 Å². The van der Waals surface area contributed by atoms with Gasteiger partial charge >= 0.3 is 5.97 Å². The molecule has 2 atom stereocenters. The zero-order valence-corrected chi connectivity index (χ0v) is 15.5. The Morgan fingerprint density at radius 2 is 1.88 bits per heavy atom. The topological polar surface area (TPSA) is 63.6 Å². The van der Waals surface area contributed by atoms with E-state index in [0.717, 1.165) is 12.8 Å². The SMILES string of the molecule is Cc1cc(O)c(Cl)c2c1C(=O)O[C@H](C)[C@@H](C)/C=C/CC/C=C/C(=O)C2. The van der Waals surface area contributed by atoms with Crippen molar-refractivity contribution in [1.82, 2.24) is 0 Å². The van der Waals surface area contributed by atoms with E-state index < -0.39 is 5.97 Å². The van der Waals surface area contributed by atoms with Crippen molar-refractivity contribution < 1.29 is 19.4 Å². The first kappa shape index (κ1) is 19.3. The van der Waals surface area contributed by atoms with Crippen LogP contribution >= 0.6 is 11.6 Å². The minimum Gasteiger partial charge on any atom is -0.506 e. The molecule has 1 heterocycles. The molecule has 1 aliphatic heterocycles. The third kappa shape index (κ3) is 4.73. The van der Waals surface area contributed by atoms with Crippen LogP contribution in [0.4, 0.5) is 0 Å². The van der Waals surface area contributed by atoms with E-state index in [-0.39, 0.29) is 40.6 Å². The van der Waals surface area contributed by atoms with Crippen molar-refractivity contribution in [1.29, 1.82) is 0 Å². The Morgan fingerprint density at radius 1 is 1.20 bits per heavy atom. The van der Waals surface area contributed by atoms with Crippen molar-refractivity contribution >= 4 is 23.4 Å². The molecule has 1 aromatic rings. The first-order valence-electron chi connectivity index (χ1n) is 8.39. The van der Waals surface area contributed by atoms with Crippen LogP contribution in [0, 0.1) is 12.8 Å². The number of aromatic hydroxyl groups is 1. The van der Waals surface area contributed by atoms with E-state index in [9.17, 15) is 14.7 Å². The molecule has 0 fully saturated rings. The van der Waals surface area contributed by atoms with Gasteiger partial charge in [-0.15, -0.1) is 0 Å².